The van der Waals surface area contributed by atoms with Gasteiger partial charge in [-0.15, -0.1) is 0 Å². The van der Waals surface area contributed by atoms with E-state index >= 15 is 0 Å². The molecule has 0 aliphatic heterocycles. The lowest BCUT2D eigenvalue weighted by molar-refractivity contribution is 0.321. The zero-order valence-electron chi connectivity index (χ0n) is 8.03. The molecule has 0 saturated heterocycles. The fourth-order valence-electron chi connectivity index (χ4n) is 0.974. The fourth-order valence-corrected chi connectivity index (χ4v) is 1.19. The maximum absolute atomic E-state index is 8.21. The number of hydrogen-bond donors (Lipinski definition) is 1. The highest BCUT2D eigenvalue weighted by atomic mass is 31.0. The van der Waals surface area contributed by atoms with E-state index in [1.807, 2.05) is 26.0 Å². The molecule has 1 atom stereocenters. The molecule has 0 aromatic heterocycles. The molecular formula is C9H16NO2P. The van der Waals surface area contributed by atoms with E-state index in [0.29, 0.717) is 6.61 Å². The first kappa shape index (κ1) is 12.3. The van der Waals surface area contributed by atoms with E-state index in [1.165, 1.54) is 11.8 Å². The molecule has 0 amide bonds. The summed E-state index contributed by atoms with van der Waals surface area (Å²) in [7, 11) is 2.20. The summed E-state index contributed by atoms with van der Waals surface area (Å²) < 4.78 is 4.86. The van der Waals surface area contributed by atoms with Crippen LogP contribution in [0.5, 0.6) is 0 Å². The summed E-state index contributed by atoms with van der Waals surface area (Å²) in [4.78, 5) is 0. The molecule has 0 heterocycles. The van der Waals surface area contributed by atoms with Crippen molar-refractivity contribution < 1.29 is 9.73 Å². The van der Waals surface area contributed by atoms with Crippen LogP contribution in [0.2, 0.25) is 0 Å². The highest BCUT2D eigenvalue weighted by molar-refractivity contribution is 7.09. The van der Waals surface area contributed by atoms with E-state index in [4.69, 9.17) is 9.73 Å². The Morgan fingerprint density at radius 3 is 2.85 bits per heavy atom. The van der Waals surface area contributed by atoms with Crippen molar-refractivity contribution in [3.05, 3.63) is 23.3 Å². The third kappa shape index (κ3) is 4.81. The van der Waals surface area contributed by atoms with Crippen LogP contribution < -0.4 is 0 Å². The van der Waals surface area contributed by atoms with Crippen molar-refractivity contribution in [2.45, 2.75) is 20.3 Å². The van der Waals surface area contributed by atoms with Gasteiger partial charge in [0.05, 0.1) is 12.8 Å². The monoisotopic (exact) mass is 201 g/mol. The van der Waals surface area contributed by atoms with E-state index in [0.717, 1.165) is 12.0 Å². The number of hydrogen-bond acceptors (Lipinski definition) is 3. The lowest BCUT2D eigenvalue weighted by Crippen LogP contribution is -1.89. The van der Waals surface area contributed by atoms with Crippen molar-refractivity contribution in [3.63, 3.8) is 0 Å². The minimum absolute atomic E-state index is 0.615. The zero-order valence-corrected chi connectivity index (χ0v) is 9.18. The van der Waals surface area contributed by atoms with Crippen LogP contribution in [-0.4, -0.2) is 18.0 Å². The maximum Gasteiger partial charge on any atom is 0.0719 e. The van der Waals surface area contributed by atoms with Crippen LogP contribution in [0.3, 0.4) is 0 Å². The molecule has 3 nitrogen and oxygen atoms in total. The standard InChI is InChI=1S/C7H10NO2P.C2H6/c9-8-4-6-1-2-7(3-6)5-10-11;1-2/h1-2,4,9H,3,5,11H2;1-2H3. The van der Waals surface area contributed by atoms with Crippen molar-refractivity contribution >= 4 is 15.7 Å². The van der Waals surface area contributed by atoms with Gasteiger partial charge in [-0.05, 0) is 17.6 Å². The fraction of sp³-hybridized carbons (Fsp3) is 0.444. The Labute approximate surface area is 81.5 Å². The van der Waals surface area contributed by atoms with E-state index in [1.54, 1.807) is 0 Å². The second kappa shape index (κ2) is 7.96. The number of oxime groups is 1. The molecule has 13 heavy (non-hydrogen) atoms. The van der Waals surface area contributed by atoms with Crippen LogP contribution in [0, 0.1) is 0 Å². The molecule has 0 bridgehead atoms. The van der Waals surface area contributed by atoms with Crippen LogP contribution in [0.25, 0.3) is 0 Å². The van der Waals surface area contributed by atoms with Gasteiger partial charge in [-0.3, -0.25) is 0 Å². The Kier molecular flexibility index (Phi) is 7.56. The van der Waals surface area contributed by atoms with E-state index < -0.39 is 0 Å². The average molecular weight is 201 g/mol. The van der Waals surface area contributed by atoms with Gasteiger partial charge in [0, 0.05) is 9.47 Å². The molecule has 1 unspecified atom stereocenters. The predicted molar refractivity (Wildman–Crippen MR) is 58.1 cm³/mol. The molecule has 0 saturated carbocycles. The Bertz CT molecular complexity index is 222. The molecule has 0 aromatic rings. The molecule has 0 spiro atoms. The largest absolute Gasteiger partial charge is 0.411 e. The molecule has 4 heteroatoms. The molecule has 0 aromatic carbocycles. The summed E-state index contributed by atoms with van der Waals surface area (Å²) >= 11 is 0. The highest BCUT2D eigenvalue weighted by Gasteiger charge is 2.05. The molecule has 74 valence electrons. The number of allylic oxidation sites excluding steroid dienone is 3. The summed E-state index contributed by atoms with van der Waals surface area (Å²) in [5, 5.41) is 11.2. The lowest BCUT2D eigenvalue weighted by Gasteiger charge is -1.98. The number of rotatable bonds is 3. The molecule has 0 fully saturated rings. The van der Waals surface area contributed by atoms with Gasteiger partial charge in [0.25, 0.3) is 0 Å². The van der Waals surface area contributed by atoms with Gasteiger partial charge in [0.15, 0.2) is 0 Å². The average Bonchev–Trinajstić information content (AvgIpc) is 2.58. The second-order valence-electron chi connectivity index (χ2n) is 2.30. The Balaban J connectivity index is 0.000000671. The zero-order chi connectivity index (χ0) is 10.1. The second-order valence-corrected chi connectivity index (χ2v) is 2.63. The van der Waals surface area contributed by atoms with Crippen molar-refractivity contribution in [2.75, 3.05) is 6.61 Å². The topological polar surface area (TPSA) is 41.8 Å². The van der Waals surface area contributed by atoms with E-state index in [9.17, 15) is 0 Å². The van der Waals surface area contributed by atoms with Crippen LogP contribution >= 0.6 is 9.47 Å². The maximum atomic E-state index is 8.21. The summed E-state index contributed by atoms with van der Waals surface area (Å²) in [6, 6.07) is 0. The van der Waals surface area contributed by atoms with Gasteiger partial charge in [-0.25, -0.2) is 0 Å². The van der Waals surface area contributed by atoms with Gasteiger partial charge in [0.2, 0.25) is 0 Å². The first-order valence-corrected chi connectivity index (χ1v) is 4.71. The van der Waals surface area contributed by atoms with Crippen molar-refractivity contribution in [2.24, 2.45) is 5.16 Å². The van der Waals surface area contributed by atoms with Crippen LogP contribution in [0.1, 0.15) is 20.3 Å². The third-order valence-corrected chi connectivity index (χ3v) is 1.62. The summed E-state index contributed by atoms with van der Waals surface area (Å²) in [5.74, 6) is 0. The van der Waals surface area contributed by atoms with Gasteiger partial charge in [-0.2, -0.15) is 0 Å². The lowest BCUT2D eigenvalue weighted by atomic mass is 10.2. The van der Waals surface area contributed by atoms with Crippen LogP contribution in [0.4, 0.5) is 0 Å². The first-order chi connectivity index (χ1) is 6.36. The van der Waals surface area contributed by atoms with Crippen LogP contribution in [0.15, 0.2) is 28.5 Å². The van der Waals surface area contributed by atoms with Crippen molar-refractivity contribution in [3.8, 4) is 0 Å². The van der Waals surface area contributed by atoms with Crippen molar-refractivity contribution in [1.29, 1.82) is 0 Å². The molecular weight excluding hydrogens is 185 g/mol. The van der Waals surface area contributed by atoms with Gasteiger partial charge < -0.3 is 9.73 Å². The first-order valence-electron chi connectivity index (χ1n) is 4.24. The Morgan fingerprint density at radius 2 is 2.31 bits per heavy atom. The van der Waals surface area contributed by atoms with E-state index in [-0.39, 0.29) is 0 Å². The third-order valence-electron chi connectivity index (χ3n) is 1.46. The predicted octanol–water partition coefficient (Wildman–Crippen LogP) is 2.54. The minimum atomic E-state index is 0.615. The number of nitrogens with zero attached hydrogens (tertiary/aromatic N) is 1. The Morgan fingerprint density at radius 1 is 1.62 bits per heavy atom. The van der Waals surface area contributed by atoms with Crippen molar-refractivity contribution in [1.82, 2.24) is 0 Å². The summed E-state index contributed by atoms with van der Waals surface area (Å²) in [6.45, 7) is 4.62. The van der Waals surface area contributed by atoms with Gasteiger partial charge in [0.1, 0.15) is 0 Å². The minimum Gasteiger partial charge on any atom is -0.411 e. The Hall–Kier alpha value is -0.660. The quantitative estimate of drug-likeness (QED) is 0.330. The van der Waals surface area contributed by atoms with Gasteiger partial charge in [-0.1, -0.05) is 31.2 Å². The van der Waals surface area contributed by atoms with E-state index in [2.05, 4.69) is 14.6 Å². The SMILES string of the molecule is CC.ON=CC1=CC=C(COP)C1. The normalized spacial score (nSPS) is 15.0. The molecule has 1 rings (SSSR count). The van der Waals surface area contributed by atoms with Gasteiger partial charge >= 0.3 is 0 Å². The molecule has 1 aliphatic carbocycles. The summed E-state index contributed by atoms with van der Waals surface area (Å²) in [6.07, 6.45) is 6.14. The molecule has 0 radical (unpaired) electrons. The van der Waals surface area contributed by atoms with Crippen LogP contribution in [-0.2, 0) is 4.52 Å². The molecule has 1 aliphatic rings. The summed E-state index contributed by atoms with van der Waals surface area (Å²) in [5.41, 5.74) is 2.19. The smallest absolute Gasteiger partial charge is 0.0719 e. The highest BCUT2D eigenvalue weighted by Crippen LogP contribution is 2.17. The molecule has 1 N–H and O–H groups in total.